The van der Waals surface area contributed by atoms with Crippen molar-refractivity contribution in [3.63, 3.8) is 0 Å². The van der Waals surface area contributed by atoms with E-state index in [0.29, 0.717) is 44.1 Å². The highest BCUT2D eigenvalue weighted by Gasteiger charge is 2.82. The topological polar surface area (TPSA) is 237 Å². The molecule has 0 amide bonds. The first-order chi connectivity index (χ1) is 32.6. The summed E-state index contributed by atoms with van der Waals surface area (Å²) in [5.41, 5.74) is -7.15. The molecule has 4 aliphatic carbocycles. The minimum Gasteiger partial charge on any atom is -0.462 e. The summed E-state index contributed by atoms with van der Waals surface area (Å²) >= 11 is 0. The minimum atomic E-state index is -1.89. The summed E-state index contributed by atoms with van der Waals surface area (Å²) in [6, 6.07) is 8.47. The number of carbonyl (C=O) groups excluding carboxylic acids is 2. The number of methoxy groups -OCH3 is 3. The molecule has 5 N–H and O–H groups in total. The standard InChI is InChI=1S/C51H78O18/c1-26-40(53)44(61-10)41(54)46(64-26)69-43-28(3)63-39(24-35(43)60-9)68-42-27(2)62-38(23-34(42)59-8)67-33-17-18-47(6)32(22-33)16-19-50(57)36(47)25-37(66-30(5)52)48(7)49(56,20-21-51(48,50)58)29(4)65-45(55)31-14-12-11-13-15-31/h11-15,26-29,32-44,46,53-54,56-58H,16-25H2,1-10H3. The van der Waals surface area contributed by atoms with Gasteiger partial charge in [-0.3, -0.25) is 4.79 Å². The van der Waals surface area contributed by atoms with E-state index < -0.39 is 138 Å². The second-order valence-electron chi connectivity index (χ2n) is 21.6. The Morgan fingerprint density at radius 2 is 1.33 bits per heavy atom. The normalized spacial score (nSPS) is 49.2. The lowest BCUT2D eigenvalue weighted by Gasteiger charge is -2.69. The fourth-order valence-corrected chi connectivity index (χ4v) is 14.2. The van der Waals surface area contributed by atoms with Gasteiger partial charge in [0.25, 0.3) is 0 Å². The van der Waals surface area contributed by atoms with Crippen molar-refractivity contribution in [2.45, 2.75) is 228 Å². The van der Waals surface area contributed by atoms with Gasteiger partial charge in [0.15, 0.2) is 18.9 Å². The zero-order valence-electron chi connectivity index (χ0n) is 41.9. The molecule has 0 spiro atoms. The van der Waals surface area contributed by atoms with E-state index in [1.165, 1.54) is 14.0 Å². The molecule has 69 heavy (non-hydrogen) atoms. The van der Waals surface area contributed by atoms with Crippen molar-refractivity contribution in [3.8, 4) is 0 Å². The number of aliphatic hydroxyl groups is 5. The molecule has 18 heteroatoms. The third-order valence-corrected chi connectivity index (χ3v) is 18.3. The molecule has 1 aromatic rings. The van der Waals surface area contributed by atoms with Crippen molar-refractivity contribution in [1.82, 2.24) is 0 Å². The fourth-order valence-electron chi connectivity index (χ4n) is 14.2. The van der Waals surface area contributed by atoms with Gasteiger partial charge in [-0.15, -0.1) is 0 Å². The number of carbonyl (C=O) groups is 2. The lowest BCUT2D eigenvalue weighted by molar-refractivity contribution is -0.353. The molecule has 3 heterocycles. The molecule has 0 aromatic heterocycles. The predicted octanol–water partition coefficient (Wildman–Crippen LogP) is 3.71. The van der Waals surface area contributed by atoms with Gasteiger partial charge in [0, 0.05) is 41.1 Å². The smallest absolute Gasteiger partial charge is 0.338 e. The van der Waals surface area contributed by atoms with Gasteiger partial charge in [-0.05, 0) is 108 Å². The average Bonchev–Trinajstić information content (AvgIpc) is 3.54. The molecule has 23 atom stereocenters. The molecule has 1 aromatic carbocycles. The number of esters is 2. The number of fused-ring (bicyclic) bond motifs is 5. The minimum absolute atomic E-state index is 0.0145. The highest BCUT2D eigenvalue weighted by molar-refractivity contribution is 5.89. The Hall–Kier alpha value is -2.40. The van der Waals surface area contributed by atoms with Crippen LogP contribution in [0.15, 0.2) is 30.3 Å². The van der Waals surface area contributed by atoms with Crippen molar-refractivity contribution in [3.05, 3.63) is 35.9 Å². The third-order valence-electron chi connectivity index (χ3n) is 18.3. The lowest BCUT2D eigenvalue weighted by Crippen LogP contribution is -2.79. The molecule has 23 unspecified atom stereocenters. The van der Waals surface area contributed by atoms with Crippen molar-refractivity contribution < 1.29 is 87.2 Å². The SMILES string of the molecule is COC1CC(OC2CCC3(C)C(CCC4(O)C3CC(OC(C)=O)C3(C)C(O)(C(C)OC(=O)c5ccccc5)CCC43O)C2)OC(C)C1OC1CC(OC)C(OC2OC(C)C(O)C(OC)C2O)C(C)O1. The van der Waals surface area contributed by atoms with Crippen LogP contribution in [0, 0.1) is 22.7 Å². The van der Waals surface area contributed by atoms with Crippen LogP contribution in [0.5, 0.6) is 0 Å². The van der Waals surface area contributed by atoms with E-state index in [0.717, 1.165) is 0 Å². The van der Waals surface area contributed by atoms with E-state index >= 15 is 0 Å². The maximum atomic E-state index is 13.3. The first-order valence-corrected chi connectivity index (χ1v) is 25.1. The summed E-state index contributed by atoms with van der Waals surface area (Å²) in [5, 5.41) is 60.3. The van der Waals surface area contributed by atoms with E-state index in [-0.39, 0.29) is 37.7 Å². The van der Waals surface area contributed by atoms with E-state index in [9.17, 15) is 35.1 Å². The van der Waals surface area contributed by atoms with Gasteiger partial charge in [-0.2, -0.15) is 0 Å². The Balaban J connectivity index is 0.904. The molecular weight excluding hydrogens is 901 g/mol. The molecule has 7 fully saturated rings. The Bertz CT molecular complexity index is 1940. The van der Waals surface area contributed by atoms with Gasteiger partial charge in [0.1, 0.15) is 53.9 Å². The Morgan fingerprint density at radius 3 is 1.94 bits per heavy atom. The van der Waals surface area contributed by atoms with Crippen LogP contribution in [0.1, 0.15) is 123 Å². The Labute approximate surface area is 405 Å². The van der Waals surface area contributed by atoms with Gasteiger partial charge < -0.3 is 77.6 Å². The maximum absolute atomic E-state index is 13.3. The summed E-state index contributed by atoms with van der Waals surface area (Å²) in [6.07, 6.45) is -7.68. The molecule has 7 aliphatic rings. The van der Waals surface area contributed by atoms with Gasteiger partial charge in [-0.25, -0.2) is 4.79 Å². The second kappa shape index (κ2) is 20.1. The van der Waals surface area contributed by atoms with Gasteiger partial charge in [0.2, 0.25) is 0 Å². The highest BCUT2D eigenvalue weighted by atomic mass is 16.8. The van der Waals surface area contributed by atoms with E-state index in [2.05, 4.69) is 6.92 Å². The quantitative estimate of drug-likeness (QED) is 0.140. The zero-order chi connectivity index (χ0) is 50.0. The summed E-state index contributed by atoms with van der Waals surface area (Å²) in [7, 11) is 4.62. The summed E-state index contributed by atoms with van der Waals surface area (Å²) < 4.78 is 67.5. The number of hydrogen-bond donors (Lipinski definition) is 5. The predicted molar refractivity (Wildman–Crippen MR) is 243 cm³/mol. The second-order valence-corrected chi connectivity index (χ2v) is 21.6. The lowest BCUT2D eigenvalue weighted by atomic mass is 9.40. The molecule has 390 valence electrons. The number of benzene rings is 1. The van der Waals surface area contributed by atoms with Crippen LogP contribution in [-0.2, 0) is 56.9 Å². The Morgan fingerprint density at radius 1 is 0.710 bits per heavy atom. The average molecular weight is 979 g/mol. The van der Waals surface area contributed by atoms with E-state index in [1.54, 1.807) is 65.3 Å². The highest BCUT2D eigenvalue weighted by Crippen LogP contribution is 2.72. The van der Waals surface area contributed by atoms with Gasteiger partial charge >= 0.3 is 11.9 Å². The van der Waals surface area contributed by atoms with Crippen LogP contribution in [0.25, 0.3) is 0 Å². The maximum Gasteiger partial charge on any atom is 0.338 e. The van der Waals surface area contributed by atoms with Crippen LogP contribution >= 0.6 is 0 Å². The summed E-state index contributed by atoms with van der Waals surface area (Å²) in [6.45, 7) is 12.2. The third kappa shape index (κ3) is 9.01. The van der Waals surface area contributed by atoms with Crippen LogP contribution < -0.4 is 0 Å². The van der Waals surface area contributed by atoms with E-state index in [1.807, 2.05) is 13.8 Å². The van der Waals surface area contributed by atoms with Crippen LogP contribution in [0.2, 0.25) is 0 Å². The molecule has 18 nitrogen and oxygen atoms in total. The summed E-state index contributed by atoms with van der Waals surface area (Å²) in [5.74, 6) is -1.60. The molecular formula is C51H78O18. The van der Waals surface area contributed by atoms with Crippen molar-refractivity contribution in [1.29, 1.82) is 0 Å². The molecule has 3 saturated heterocycles. The van der Waals surface area contributed by atoms with Gasteiger partial charge in [0.05, 0.1) is 53.2 Å². The number of ether oxygens (including phenoxy) is 11. The van der Waals surface area contributed by atoms with E-state index in [4.69, 9.17) is 52.1 Å². The summed E-state index contributed by atoms with van der Waals surface area (Å²) in [4.78, 5) is 26.1. The van der Waals surface area contributed by atoms with Crippen LogP contribution in [-0.4, -0.2) is 174 Å². The van der Waals surface area contributed by atoms with Gasteiger partial charge in [-0.1, -0.05) is 32.0 Å². The fraction of sp³-hybridized carbons (Fsp3) is 0.843. The number of aliphatic hydroxyl groups excluding tert-OH is 2. The zero-order valence-corrected chi connectivity index (χ0v) is 41.9. The van der Waals surface area contributed by atoms with Crippen molar-refractivity contribution in [2.24, 2.45) is 22.7 Å². The number of rotatable bonds is 13. The van der Waals surface area contributed by atoms with Crippen molar-refractivity contribution >= 4 is 11.9 Å². The van der Waals surface area contributed by atoms with Crippen LogP contribution in [0.3, 0.4) is 0 Å². The monoisotopic (exact) mass is 979 g/mol. The molecule has 0 bridgehead atoms. The molecule has 0 radical (unpaired) electrons. The van der Waals surface area contributed by atoms with Crippen LogP contribution in [0.4, 0.5) is 0 Å². The molecule has 3 aliphatic heterocycles. The first kappa shape index (κ1) is 52.9. The van der Waals surface area contributed by atoms with Crippen molar-refractivity contribution in [2.75, 3.05) is 21.3 Å². The Kier molecular flexibility index (Phi) is 15.4. The largest absolute Gasteiger partial charge is 0.462 e. The molecule has 8 rings (SSSR count). The number of hydrogen-bond acceptors (Lipinski definition) is 18. The molecule has 4 saturated carbocycles. The first-order valence-electron chi connectivity index (χ1n) is 25.1.